The van der Waals surface area contributed by atoms with Crippen LogP contribution in [-0.2, 0) is 13.0 Å². The van der Waals surface area contributed by atoms with E-state index in [1.54, 1.807) is 0 Å². The Labute approximate surface area is 139 Å². The Kier molecular flexibility index (Phi) is 4.83. The van der Waals surface area contributed by atoms with Gasteiger partial charge in [-0.2, -0.15) is 0 Å². The normalized spacial score (nSPS) is 10.5. The van der Waals surface area contributed by atoms with Gasteiger partial charge in [-0.1, -0.05) is 42.5 Å². The van der Waals surface area contributed by atoms with Gasteiger partial charge in [0.25, 0.3) is 0 Å². The number of hydrogen-bond acceptors (Lipinski definition) is 4. The molecule has 0 amide bonds. The predicted molar refractivity (Wildman–Crippen MR) is 92.1 cm³/mol. The highest BCUT2D eigenvalue weighted by Gasteiger charge is 2.10. The summed E-state index contributed by atoms with van der Waals surface area (Å²) in [5.74, 6) is 0.858. The molecule has 116 valence electrons. The van der Waals surface area contributed by atoms with E-state index in [1.807, 2.05) is 66.9 Å². The second kappa shape index (κ2) is 7.20. The van der Waals surface area contributed by atoms with Crippen LogP contribution < -0.4 is 4.74 Å². The molecule has 23 heavy (non-hydrogen) atoms. The number of nitrogens with zero attached hydrogens (tertiary/aromatic N) is 1. The number of thiazole rings is 1. The van der Waals surface area contributed by atoms with Crippen molar-refractivity contribution in [2.45, 2.75) is 20.0 Å². The fourth-order valence-electron chi connectivity index (χ4n) is 2.19. The summed E-state index contributed by atoms with van der Waals surface area (Å²) in [4.78, 5) is 16.4. The van der Waals surface area contributed by atoms with Gasteiger partial charge in [0.1, 0.15) is 12.4 Å². The van der Waals surface area contributed by atoms with Gasteiger partial charge in [-0.25, -0.2) is 4.98 Å². The number of carbonyl (C=O) groups is 1. The number of rotatable bonds is 6. The molecule has 0 N–H and O–H groups in total. The van der Waals surface area contributed by atoms with Crippen LogP contribution in [0, 0.1) is 6.92 Å². The molecule has 0 aliphatic carbocycles. The van der Waals surface area contributed by atoms with Crippen molar-refractivity contribution < 1.29 is 9.53 Å². The van der Waals surface area contributed by atoms with Crippen LogP contribution in [0.2, 0.25) is 0 Å². The molecule has 0 aliphatic heterocycles. The third kappa shape index (κ3) is 4.27. The largest absolute Gasteiger partial charge is 0.489 e. The Bertz CT molecular complexity index is 779. The first kappa shape index (κ1) is 15.4. The van der Waals surface area contributed by atoms with Gasteiger partial charge < -0.3 is 4.74 Å². The molecule has 0 unspecified atom stereocenters. The van der Waals surface area contributed by atoms with Crippen LogP contribution in [0.3, 0.4) is 0 Å². The van der Waals surface area contributed by atoms with E-state index in [-0.39, 0.29) is 5.78 Å². The fraction of sp³-hybridized carbons (Fsp3) is 0.158. The lowest BCUT2D eigenvalue weighted by molar-refractivity contribution is 0.0992. The van der Waals surface area contributed by atoms with Gasteiger partial charge in [0, 0.05) is 17.5 Å². The first-order valence-corrected chi connectivity index (χ1v) is 8.30. The average Bonchev–Trinajstić information content (AvgIpc) is 3.02. The second-order valence-electron chi connectivity index (χ2n) is 5.31. The molecule has 3 rings (SSSR count). The van der Waals surface area contributed by atoms with Gasteiger partial charge in [-0.05, 0) is 30.2 Å². The molecule has 0 saturated carbocycles. The molecular formula is C19H17NO2S. The lowest BCUT2D eigenvalue weighted by Crippen LogP contribution is -2.03. The standard InChI is InChI=1S/C19H17NO2S/c1-14-13-23-19(20-14)18(21)11-15-7-9-17(10-8-15)22-12-16-5-3-2-4-6-16/h2-10,13H,11-12H2,1H3. The molecule has 0 atom stereocenters. The van der Waals surface area contributed by atoms with Crippen LogP contribution in [-0.4, -0.2) is 10.8 Å². The summed E-state index contributed by atoms with van der Waals surface area (Å²) in [6, 6.07) is 17.7. The zero-order valence-corrected chi connectivity index (χ0v) is 13.7. The molecule has 0 aliphatic rings. The maximum atomic E-state index is 12.1. The van der Waals surface area contributed by atoms with Crippen LogP contribution in [0.4, 0.5) is 0 Å². The summed E-state index contributed by atoms with van der Waals surface area (Å²) >= 11 is 1.40. The zero-order valence-electron chi connectivity index (χ0n) is 12.9. The molecule has 2 aromatic carbocycles. The summed E-state index contributed by atoms with van der Waals surface area (Å²) in [5.41, 5.74) is 2.99. The van der Waals surface area contributed by atoms with E-state index < -0.39 is 0 Å². The van der Waals surface area contributed by atoms with Gasteiger partial charge in [0.15, 0.2) is 10.8 Å². The molecule has 0 spiro atoms. The van der Waals surface area contributed by atoms with Gasteiger partial charge in [0.2, 0.25) is 0 Å². The number of ketones is 1. The second-order valence-corrected chi connectivity index (χ2v) is 6.17. The Morgan fingerprint density at radius 3 is 2.43 bits per heavy atom. The molecule has 0 saturated heterocycles. The molecule has 0 fully saturated rings. The Balaban J connectivity index is 1.57. The number of hydrogen-bond donors (Lipinski definition) is 0. The van der Waals surface area contributed by atoms with E-state index in [9.17, 15) is 4.79 Å². The predicted octanol–water partition coefficient (Wildman–Crippen LogP) is 4.46. The summed E-state index contributed by atoms with van der Waals surface area (Å²) in [7, 11) is 0. The lowest BCUT2D eigenvalue weighted by Gasteiger charge is -2.07. The third-order valence-corrected chi connectivity index (χ3v) is 4.40. The average molecular weight is 323 g/mol. The van der Waals surface area contributed by atoms with Crippen molar-refractivity contribution in [3.05, 3.63) is 81.8 Å². The van der Waals surface area contributed by atoms with Crippen LogP contribution in [0.1, 0.15) is 26.6 Å². The van der Waals surface area contributed by atoms with Crippen molar-refractivity contribution in [3.63, 3.8) is 0 Å². The monoisotopic (exact) mass is 323 g/mol. The first-order chi connectivity index (χ1) is 11.2. The molecule has 1 aromatic heterocycles. The maximum Gasteiger partial charge on any atom is 0.195 e. The van der Waals surface area contributed by atoms with Crippen molar-refractivity contribution in [3.8, 4) is 5.75 Å². The van der Waals surface area contributed by atoms with Gasteiger partial charge in [-0.3, -0.25) is 4.79 Å². The van der Waals surface area contributed by atoms with E-state index in [2.05, 4.69) is 4.98 Å². The van der Waals surface area contributed by atoms with Crippen LogP contribution >= 0.6 is 11.3 Å². The molecular weight excluding hydrogens is 306 g/mol. The minimum atomic E-state index is 0.0565. The number of ether oxygens (including phenoxy) is 1. The third-order valence-electron chi connectivity index (χ3n) is 3.39. The Hall–Kier alpha value is -2.46. The number of aryl methyl sites for hydroxylation is 1. The molecule has 0 bridgehead atoms. The summed E-state index contributed by atoms with van der Waals surface area (Å²) in [5, 5.41) is 2.47. The first-order valence-electron chi connectivity index (χ1n) is 7.42. The highest BCUT2D eigenvalue weighted by Crippen LogP contribution is 2.17. The number of Topliss-reactive ketones (excluding diaryl/α,β-unsaturated/α-hetero) is 1. The number of aromatic nitrogens is 1. The summed E-state index contributed by atoms with van der Waals surface area (Å²) in [6.45, 7) is 2.43. The van der Waals surface area contributed by atoms with Crippen LogP contribution in [0.5, 0.6) is 5.75 Å². The van der Waals surface area contributed by atoms with Gasteiger partial charge in [-0.15, -0.1) is 11.3 Å². The minimum absolute atomic E-state index is 0.0565. The van der Waals surface area contributed by atoms with Crippen molar-refractivity contribution in [2.75, 3.05) is 0 Å². The van der Waals surface area contributed by atoms with E-state index in [4.69, 9.17) is 4.74 Å². The van der Waals surface area contributed by atoms with Crippen molar-refractivity contribution >= 4 is 17.1 Å². The highest BCUT2D eigenvalue weighted by atomic mass is 32.1. The molecule has 4 heteroatoms. The fourth-order valence-corrected chi connectivity index (χ4v) is 2.92. The van der Waals surface area contributed by atoms with E-state index in [1.165, 1.54) is 11.3 Å². The number of benzene rings is 2. The Morgan fingerprint density at radius 2 is 1.78 bits per heavy atom. The van der Waals surface area contributed by atoms with E-state index >= 15 is 0 Å². The Morgan fingerprint density at radius 1 is 1.04 bits per heavy atom. The maximum absolute atomic E-state index is 12.1. The van der Waals surface area contributed by atoms with Crippen molar-refractivity contribution in [2.24, 2.45) is 0 Å². The van der Waals surface area contributed by atoms with E-state index in [0.717, 1.165) is 22.6 Å². The SMILES string of the molecule is Cc1csc(C(=O)Cc2ccc(OCc3ccccc3)cc2)n1. The zero-order chi connectivity index (χ0) is 16.1. The van der Waals surface area contributed by atoms with Gasteiger partial charge in [0.05, 0.1) is 0 Å². The van der Waals surface area contributed by atoms with E-state index in [0.29, 0.717) is 18.0 Å². The molecule has 3 aromatic rings. The smallest absolute Gasteiger partial charge is 0.195 e. The number of carbonyl (C=O) groups excluding carboxylic acids is 1. The van der Waals surface area contributed by atoms with Crippen LogP contribution in [0.25, 0.3) is 0 Å². The van der Waals surface area contributed by atoms with Crippen molar-refractivity contribution in [1.29, 1.82) is 0 Å². The lowest BCUT2D eigenvalue weighted by atomic mass is 10.1. The molecule has 1 heterocycles. The van der Waals surface area contributed by atoms with Gasteiger partial charge >= 0.3 is 0 Å². The highest BCUT2D eigenvalue weighted by molar-refractivity contribution is 7.11. The summed E-state index contributed by atoms with van der Waals surface area (Å²) < 4.78 is 5.74. The van der Waals surface area contributed by atoms with Crippen molar-refractivity contribution in [1.82, 2.24) is 4.98 Å². The molecule has 3 nitrogen and oxygen atoms in total. The summed E-state index contributed by atoms with van der Waals surface area (Å²) in [6.07, 6.45) is 0.367. The minimum Gasteiger partial charge on any atom is -0.489 e. The quantitative estimate of drug-likeness (QED) is 0.629. The van der Waals surface area contributed by atoms with Crippen LogP contribution in [0.15, 0.2) is 60.0 Å². The topological polar surface area (TPSA) is 39.2 Å². The molecule has 0 radical (unpaired) electrons.